The van der Waals surface area contributed by atoms with Gasteiger partial charge in [-0.1, -0.05) is 6.07 Å². The smallest absolute Gasteiger partial charge is 0.335 e. The van der Waals surface area contributed by atoms with E-state index in [0.717, 1.165) is 5.56 Å². The van der Waals surface area contributed by atoms with Gasteiger partial charge in [0.1, 0.15) is 0 Å². The molecule has 78 valence electrons. The highest BCUT2D eigenvalue weighted by molar-refractivity contribution is 5.90. The van der Waals surface area contributed by atoms with Crippen LogP contribution in [0.1, 0.15) is 12.0 Å². The van der Waals surface area contributed by atoms with Gasteiger partial charge in [-0.05, 0) is 11.6 Å². The molecule has 2 heterocycles. The van der Waals surface area contributed by atoms with Crippen LogP contribution in [-0.4, -0.2) is 17.6 Å². The first-order valence-electron chi connectivity index (χ1n) is 4.85. The van der Waals surface area contributed by atoms with Crippen molar-refractivity contribution in [2.75, 3.05) is 6.61 Å². The van der Waals surface area contributed by atoms with Gasteiger partial charge in [-0.15, -0.1) is 0 Å². The summed E-state index contributed by atoms with van der Waals surface area (Å²) < 4.78 is 4.81. The van der Waals surface area contributed by atoms with Gasteiger partial charge in [0.25, 0.3) is 0 Å². The Hall–Kier alpha value is -1.84. The highest BCUT2D eigenvalue weighted by Crippen LogP contribution is 2.11. The van der Waals surface area contributed by atoms with E-state index in [1.54, 1.807) is 18.6 Å². The molecule has 0 saturated carbocycles. The van der Waals surface area contributed by atoms with E-state index in [0.29, 0.717) is 25.1 Å². The lowest BCUT2D eigenvalue weighted by atomic mass is 10.2. The molecule has 4 nitrogen and oxygen atoms in total. The number of nitrogens with one attached hydrogen (secondary N) is 1. The van der Waals surface area contributed by atoms with Crippen molar-refractivity contribution in [3.63, 3.8) is 0 Å². The lowest BCUT2D eigenvalue weighted by Crippen LogP contribution is -2.08. The van der Waals surface area contributed by atoms with Gasteiger partial charge in [0.05, 0.1) is 12.2 Å². The quantitative estimate of drug-likeness (QED) is 0.589. The molecule has 0 radical (unpaired) electrons. The second-order valence-corrected chi connectivity index (χ2v) is 3.30. The standard InChI is InChI=1S/C11H12N2O2/c14-11-10(3-5-15-11)8-13-7-9-2-1-4-12-6-9/h1-2,4,6,8,13H,3,5,7H2/b10-8+. The Bertz CT molecular complexity index is 373. The summed E-state index contributed by atoms with van der Waals surface area (Å²) >= 11 is 0. The second kappa shape index (κ2) is 4.59. The molecule has 1 aromatic rings. The summed E-state index contributed by atoms with van der Waals surface area (Å²) in [6.07, 6.45) is 5.94. The van der Waals surface area contributed by atoms with E-state index in [4.69, 9.17) is 4.74 Å². The van der Waals surface area contributed by atoms with Crippen LogP contribution in [0.4, 0.5) is 0 Å². The van der Waals surface area contributed by atoms with Gasteiger partial charge in [-0.2, -0.15) is 0 Å². The van der Waals surface area contributed by atoms with Gasteiger partial charge < -0.3 is 10.1 Å². The highest BCUT2D eigenvalue weighted by Gasteiger charge is 2.17. The fourth-order valence-corrected chi connectivity index (χ4v) is 1.37. The molecule has 0 atom stereocenters. The zero-order valence-corrected chi connectivity index (χ0v) is 8.27. The average Bonchev–Trinajstić information content (AvgIpc) is 2.66. The molecule has 0 amide bonds. The minimum atomic E-state index is -0.214. The van der Waals surface area contributed by atoms with Crippen molar-refractivity contribution >= 4 is 5.97 Å². The first-order chi connectivity index (χ1) is 7.36. The fourth-order valence-electron chi connectivity index (χ4n) is 1.37. The van der Waals surface area contributed by atoms with Gasteiger partial charge in [0.15, 0.2) is 0 Å². The van der Waals surface area contributed by atoms with Crippen molar-refractivity contribution in [2.24, 2.45) is 0 Å². The molecule has 0 aliphatic carbocycles. The molecule has 15 heavy (non-hydrogen) atoms. The second-order valence-electron chi connectivity index (χ2n) is 3.30. The molecule has 1 aliphatic heterocycles. The van der Waals surface area contributed by atoms with Gasteiger partial charge in [0.2, 0.25) is 0 Å². The summed E-state index contributed by atoms with van der Waals surface area (Å²) in [4.78, 5) is 15.1. The molecule has 1 aromatic heterocycles. The van der Waals surface area contributed by atoms with Crippen LogP contribution in [0.15, 0.2) is 36.3 Å². The molecule has 1 fully saturated rings. The Morgan fingerprint density at radius 3 is 3.20 bits per heavy atom. The third-order valence-electron chi connectivity index (χ3n) is 2.17. The van der Waals surface area contributed by atoms with Gasteiger partial charge in [0, 0.05) is 31.6 Å². The van der Waals surface area contributed by atoms with E-state index in [-0.39, 0.29) is 5.97 Å². The van der Waals surface area contributed by atoms with E-state index in [1.807, 2.05) is 12.1 Å². The summed E-state index contributed by atoms with van der Waals surface area (Å²) in [5, 5.41) is 3.07. The fraction of sp³-hybridized carbons (Fsp3) is 0.273. The van der Waals surface area contributed by atoms with Crippen molar-refractivity contribution in [3.05, 3.63) is 41.9 Å². The predicted molar refractivity (Wildman–Crippen MR) is 54.7 cm³/mol. The maximum Gasteiger partial charge on any atom is 0.335 e. The van der Waals surface area contributed by atoms with Crippen LogP contribution in [0.2, 0.25) is 0 Å². The molecule has 1 aliphatic rings. The normalized spacial score (nSPS) is 17.9. The third-order valence-corrected chi connectivity index (χ3v) is 2.17. The van der Waals surface area contributed by atoms with Crippen molar-refractivity contribution in [1.82, 2.24) is 10.3 Å². The SMILES string of the molecule is O=C1OCC/C1=C\NCc1cccnc1. The van der Waals surface area contributed by atoms with E-state index in [1.165, 1.54) is 0 Å². The number of carbonyl (C=O) groups is 1. The number of hydrogen-bond acceptors (Lipinski definition) is 4. The van der Waals surface area contributed by atoms with Crippen molar-refractivity contribution in [1.29, 1.82) is 0 Å². The Balaban J connectivity index is 1.87. The summed E-state index contributed by atoms with van der Waals surface area (Å²) in [6, 6.07) is 3.86. The molecule has 4 heteroatoms. The molecule has 0 aromatic carbocycles. The first-order valence-corrected chi connectivity index (χ1v) is 4.85. The van der Waals surface area contributed by atoms with Gasteiger partial charge >= 0.3 is 5.97 Å². The minimum absolute atomic E-state index is 0.214. The van der Waals surface area contributed by atoms with Crippen LogP contribution in [-0.2, 0) is 16.1 Å². The zero-order chi connectivity index (χ0) is 10.5. The highest BCUT2D eigenvalue weighted by atomic mass is 16.5. The lowest BCUT2D eigenvalue weighted by molar-refractivity contribution is -0.135. The van der Waals surface area contributed by atoms with Crippen LogP contribution >= 0.6 is 0 Å². The van der Waals surface area contributed by atoms with Gasteiger partial charge in [-0.3, -0.25) is 4.98 Å². The number of esters is 1. The third kappa shape index (κ3) is 2.56. The minimum Gasteiger partial charge on any atom is -0.462 e. The van der Waals surface area contributed by atoms with Crippen molar-refractivity contribution in [3.8, 4) is 0 Å². The topological polar surface area (TPSA) is 51.2 Å². The van der Waals surface area contributed by atoms with E-state index in [9.17, 15) is 4.79 Å². The number of carbonyl (C=O) groups excluding carboxylic acids is 1. The van der Waals surface area contributed by atoms with Gasteiger partial charge in [-0.25, -0.2) is 4.79 Å². The number of rotatable bonds is 3. The maximum atomic E-state index is 11.1. The molecule has 2 rings (SSSR count). The Kier molecular flexibility index (Phi) is 2.97. The number of nitrogens with zero attached hydrogens (tertiary/aromatic N) is 1. The Labute approximate surface area is 88.0 Å². The maximum absolute atomic E-state index is 11.1. The zero-order valence-electron chi connectivity index (χ0n) is 8.27. The predicted octanol–water partition coefficient (Wildman–Crippen LogP) is 1.00. The molecular weight excluding hydrogens is 192 g/mol. The molecule has 0 unspecified atom stereocenters. The number of hydrogen-bond donors (Lipinski definition) is 1. The number of ether oxygens (including phenoxy) is 1. The Morgan fingerprint density at radius 1 is 1.60 bits per heavy atom. The number of aromatic nitrogens is 1. The van der Waals surface area contributed by atoms with Crippen LogP contribution in [0, 0.1) is 0 Å². The molecule has 1 saturated heterocycles. The average molecular weight is 204 g/mol. The first kappa shape index (κ1) is 9.71. The summed E-state index contributed by atoms with van der Waals surface area (Å²) in [5.74, 6) is -0.214. The molecule has 0 spiro atoms. The summed E-state index contributed by atoms with van der Waals surface area (Å²) in [6.45, 7) is 1.17. The number of cyclic esters (lactones) is 1. The molecular formula is C11H12N2O2. The van der Waals surface area contributed by atoms with E-state index in [2.05, 4.69) is 10.3 Å². The van der Waals surface area contributed by atoms with E-state index >= 15 is 0 Å². The monoisotopic (exact) mass is 204 g/mol. The summed E-state index contributed by atoms with van der Waals surface area (Å²) in [7, 11) is 0. The van der Waals surface area contributed by atoms with Crippen LogP contribution in [0.5, 0.6) is 0 Å². The van der Waals surface area contributed by atoms with Crippen molar-refractivity contribution < 1.29 is 9.53 Å². The van der Waals surface area contributed by atoms with Crippen LogP contribution in [0.3, 0.4) is 0 Å². The molecule has 1 N–H and O–H groups in total. The largest absolute Gasteiger partial charge is 0.462 e. The van der Waals surface area contributed by atoms with Crippen LogP contribution in [0.25, 0.3) is 0 Å². The Morgan fingerprint density at radius 2 is 2.53 bits per heavy atom. The van der Waals surface area contributed by atoms with E-state index < -0.39 is 0 Å². The van der Waals surface area contributed by atoms with Crippen LogP contribution < -0.4 is 5.32 Å². The summed E-state index contributed by atoms with van der Waals surface area (Å²) in [5.41, 5.74) is 1.79. The molecule has 0 bridgehead atoms. The number of pyridine rings is 1. The lowest BCUT2D eigenvalue weighted by Gasteiger charge is -2.00. The van der Waals surface area contributed by atoms with Crippen molar-refractivity contribution in [2.45, 2.75) is 13.0 Å².